The van der Waals surface area contributed by atoms with Gasteiger partial charge in [0.15, 0.2) is 0 Å². The van der Waals surface area contributed by atoms with Crippen molar-refractivity contribution in [3.8, 4) is 5.75 Å². The third-order valence-electron chi connectivity index (χ3n) is 7.41. The second-order valence-electron chi connectivity index (χ2n) is 11.3. The van der Waals surface area contributed by atoms with E-state index in [1.54, 1.807) is 95.1 Å². The van der Waals surface area contributed by atoms with Crippen LogP contribution in [0.5, 0.6) is 5.75 Å². The molecule has 11 nitrogen and oxygen atoms in total. The molecule has 52 heavy (non-hydrogen) atoms. The van der Waals surface area contributed by atoms with Crippen LogP contribution in [0.2, 0.25) is 0 Å². The minimum Gasteiger partial charge on any atom is -0.456 e. The molecule has 6 rings (SSSR count). The fourth-order valence-electron chi connectivity index (χ4n) is 5.15. The summed E-state index contributed by atoms with van der Waals surface area (Å²) in [5.41, 5.74) is 3.16. The molecule has 0 aliphatic carbocycles. The normalized spacial score (nSPS) is 12.8. The lowest BCUT2D eigenvalue weighted by atomic mass is 10.1. The molecule has 0 fully saturated rings. The van der Waals surface area contributed by atoms with Gasteiger partial charge in [-0.2, -0.15) is 0 Å². The molecule has 1 amide bonds. The first-order valence-corrected chi connectivity index (χ1v) is 18.5. The van der Waals surface area contributed by atoms with E-state index in [4.69, 9.17) is 14.4 Å². The number of carbonyl (C=O) groups excluding carboxylic acids is 2. The average Bonchev–Trinajstić information content (AvgIpc) is 3.54. The van der Waals surface area contributed by atoms with Crippen molar-refractivity contribution in [3.05, 3.63) is 132 Å². The van der Waals surface area contributed by atoms with Crippen LogP contribution < -0.4 is 20.0 Å². The lowest BCUT2D eigenvalue weighted by Gasteiger charge is -2.25. The van der Waals surface area contributed by atoms with Gasteiger partial charge in [0.25, 0.3) is 5.91 Å². The Kier molecular flexibility index (Phi) is 12.8. The molecule has 0 saturated carbocycles. The SMILES string of the molecule is CNC(=O)c1ccccc1Sc1ccc(C(=N)/C=C/c2ccccn2)c(NP(=O)(NC(C)C=O)Oc2cccc3oc4ccccc4c23)c1.COC. The number of allylic oxidation sites excluding steroid dienone is 1. The number of pyridine rings is 1. The number of rotatable bonds is 13. The summed E-state index contributed by atoms with van der Waals surface area (Å²) in [6.07, 6.45) is 5.60. The van der Waals surface area contributed by atoms with Gasteiger partial charge in [0.1, 0.15) is 23.2 Å². The summed E-state index contributed by atoms with van der Waals surface area (Å²) < 4.78 is 31.4. The van der Waals surface area contributed by atoms with Crippen LogP contribution >= 0.6 is 19.4 Å². The van der Waals surface area contributed by atoms with Gasteiger partial charge in [0.05, 0.1) is 34.1 Å². The van der Waals surface area contributed by atoms with Gasteiger partial charge in [-0.25, -0.2) is 9.65 Å². The number of furan rings is 1. The molecule has 13 heteroatoms. The molecule has 0 spiro atoms. The zero-order valence-corrected chi connectivity index (χ0v) is 30.7. The van der Waals surface area contributed by atoms with Crippen molar-refractivity contribution >= 4 is 71.0 Å². The number of anilines is 1. The number of methoxy groups -OCH3 is 1. The van der Waals surface area contributed by atoms with E-state index in [9.17, 15) is 14.2 Å². The number of nitrogens with zero attached hydrogens (tertiary/aromatic N) is 1. The molecule has 0 saturated heterocycles. The van der Waals surface area contributed by atoms with Gasteiger partial charge in [0.2, 0.25) is 0 Å². The molecule has 0 aliphatic rings. The monoisotopic (exact) mass is 735 g/mol. The Balaban J connectivity index is 0.00000168. The van der Waals surface area contributed by atoms with Crippen molar-refractivity contribution in [2.45, 2.75) is 22.8 Å². The molecule has 0 radical (unpaired) electrons. The van der Waals surface area contributed by atoms with Crippen LogP contribution in [-0.4, -0.2) is 50.2 Å². The average molecular weight is 736 g/mol. The fraction of sp³-hybridized carbons (Fsp3) is 0.128. The number of aldehydes is 1. The van der Waals surface area contributed by atoms with Gasteiger partial charge in [-0.1, -0.05) is 54.2 Å². The first-order chi connectivity index (χ1) is 25.2. The highest BCUT2D eigenvalue weighted by molar-refractivity contribution is 7.99. The smallest absolute Gasteiger partial charge is 0.417 e. The zero-order chi connectivity index (χ0) is 37.1. The van der Waals surface area contributed by atoms with Crippen molar-refractivity contribution in [2.75, 3.05) is 26.4 Å². The van der Waals surface area contributed by atoms with E-state index in [1.807, 2.05) is 54.6 Å². The number of fused-ring (bicyclic) bond motifs is 3. The highest BCUT2D eigenvalue weighted by Crippen LogP contribution is 2.48. The molecular weight excluding hydrogens is 697 g/mol. The third-order valence-corrected chi connectivity index (χ3v) is 10.2. The molecule has 2 atom stereocenters. The van der Waals surface area contributed by atoms with Crippen LogP contribution in [0.3, 0.4) is 0 Å². The van der Waals surface area contributed by atoms with Gasteiger partial charge in [0, 0.05) is 48.2 Å². The number of nitrogens with one attached hydrogen (secondary N) is 4. The van der Waals surface area contributed by atoms with Gasteiger partial charge < -0.3 is 29.2 Å². The van der Waals surface area contributed by atoms with E-state index < -0.39 is 13.7 Å². The summed E-state index contributed by atoms with van der Waals surface area (Å²) in [6.45, 7) is 1.57. The zero-order valence-electron chi connectivity index (χ0n) is 29.0. The van der Waals surface area contributed by atoms with E-state index in [2.05, 4.69) is 25.2 Å². The molecule has 4 aromatic carbocycles. The Labute approximate surface area is 305 Å². The van der Waals surface area contributed by atoms with Crippen molar-refractivity contribution < 1.29 is 27.8 Å². The topological polar surface area (TPSA) is 156 Å². The molecule has 2 heterocycles. The maximum atomic E-state index is 14.8. The Hall–Kier alpha value is -5.52. The minimum absolute atomic E-state index is 0.105. The number of ether oxygens (including phenoxy) is 1. The number of benzene rings is 4. The van der Waals surface area contributed by atoms with Crippen LogP contribution in [0.4, 0.5) is 5.69 Å². The van der Waals surface area contributed by atoms with Crippen molar-refractivity contribution in [1.29, 1.82) is 5.41 Å². The summed E-state index contributed by atoms with van der Waals surface area (Å²) >= 11 is 1.34. The summed E-state index contributed by atoms with van der Waals surface area (Å²) in [5, 5.41) is 18.9. The quantitative estimate of drug-likeness (QED) is 0.0515. The highest BCUT2D eigenvalue weighted by Gasteiger charge is 2.30. The largest absolute Gasteiger partial charge is 0.456 e. The maximum Gasteiger partial charge on any atom is 0.417 e. The summed E-state index contributed by atoms with van der Waals surface area (Å²) in [5.74, 6) is 0.0472. The Morgan fingerprint density at radius 3 is 2.42 bits per heavy atom. The number of hydrogen-bond donors (Lipinski definition) is 4. The molecular formula is C39H38N5O6PS. The molecule has 0 bridgehead atoms. The van der Waals surface area contributed by atoms with Crippen LogP contribution in [-0.2, 0) is 14.1 Å². The summed E-state index contributed by atoms with van der Waals surface area (Å²) in [7, 11) is 0.673. The predicted octanol–water partition coefficient (Wildman–Crippen LogP) is 8.61. The Morgan fingerprint density at radius 2 is 1.67 bits per heavy atom. The van der Waals surface area contributed by atoms with Crippen LogP contribution in [0.15, 0.2) is 130 Å². The van der Waals surface area contributed by atoms with E-state index >= 15 is 0 Å². The highest BCUT2D eigenvalue weighted by atomic mass is 32.2. The maximum absolute atomic E-state index is 14.8. The first-order valence-electron chi connectivity index (χ1n) is 16.1. The van der Waals surface area contributed by atoms with Gasteiger partial charge in [-0.3, -0.25) is 14.9 Å². The number of amides is 1. The van der Waals surface area contributed by atoms with Gasteiger partial charge in [-0.15, -0.1) is 0 Å². The summed E-state index contributed by atoms with van der Waals surface area (Å²) in [6, 6.07) is 29.8. The minimum atomic E-state index is -4.15. The van der Waals surface area contributed by atoms with E-state index in [1.165, 1.54) is 11.8 Å². The lowest BCUT2D eigenvalue weighted by molar-refractivity contribution is -0.108. The molecule has 2 unspecified atom stereocenters. The number of aromatic nitrogens is 1. The third kappa shape index (κ3) is 9.22. The molecule has 266 valence electrons. The lowest BCUT2D eigenvalue weighted by Crippen LogP contribution is -2.30. The van der Waals surface area contributed by atoms with Gasteiger partial charge >= 0.3 is 7.67 Å². The molecule has 4 N–H and O–H groups in total. The van der Waals surface area contributed by atoms with E-state index in [-0.39, 0.29) is 17.4 Å². The summed E-state index contributed by atoms with van der Waals surface area (Å²) in [4.78, 5) is 30.1. The number of carbonyl (C=O) groups is 2. The fourth-order valence-corrected chi connectivity index (χ4v) is 7.82. The van der Waals surface area contributed by atoms with Crippen molar-refractivity contribution in [1.82, 2.24) is 15.4 Å². The first kappa shape index (κ1) is 37.7. The Bertz CT molecular complexity index is 2280. The number of hydrogen-bond acceptors (Lipinski definition) is 9. The van der Waals surface area contributed by atoms with Crippen LogP contribution in [0, 0.1) is 5.41 Å². The molecule has 0 aliphatic heterocycles. The van der Waals surface area contributed by atoms with E-state index in [0.29, 0.717) is 55.1 Å². The standard InChI is InChI=1S/C37H32N5O5PS.C2H6O/c1-24(23-43)41-48(45,47-34-15-9-14-33-36(34)28-11-3-5-13-32(28)46-33)42-31-22-26(49-35-16-6-4-12-29(35)37(44)39-2)18-19-27(31)30(38)20-17-25-10-7-8-21-40-25;1-3-2/h3-24,38H,1-2H3,(H,39,44)(H2,41,42,45);1-2H3/b20-17+,38-30?;. The molecule has 6 aromatic rings. The van der Waals surface area contributed by atoms with Crippen molar-refractivity contribution in [2.24, 2.45) is 0 Å². The van der Waals surface area contributed by atoms with Crippen LogP contribution in [0.25, 0.3) is 28.0 Å². The van der Waals surface area contributed by atoms with Crippen LogP contribution in [0.1, 0.15) is 28.5 Å². The Morgan fingerprint density at radius 1 is 0.942 bits per heavy atom. The van der Waals surface area contributed by atoms with E-state index in [0.717, 1.165) is 5.39 Å². The second kappa shape index (κ2) is 17.6. The second-order valence-corrected chi connectivity index (χ2v) is 14.2. The van der Waals surface area contributed by atoms with Crippen molar-refractivity contribution in [3.63, 3.8) is 0 Å². The predicted molar refractivity (Wildman–Crippen MR) is 208 cm³/mol. The number of para-hydroxylation sites is 1. The molecule has 2 aromatic heterocycles. The van der Waals surface area contributed by atoms with Gasteiger partial charge in [-0.05, 0) is 79.7 Å².